The monoisotopic (exact) mass is 670 g/mol. The van der Waals surface area contributed by atoms with Gasteiger partial charge in [0.05, 0.1) is 29.4 Å². The van der Waals surface area contributed by atoms with Crippen molar-refractivity contribution in [1.29, 1.82) is 0 Å². The summed E-state index contributed by atoms with van der Waals surface area (Å²) in [4.78, 5) is 7.01. The van der Waals surface area contributed by atoms with Crippen LogP contribution in [0.5, 0.6) is 0 Å². The fourth-order valence-electron chi connectivity index (χ4n) is 6.67. The Morgan fingerprint density at radius 3 is 2.30 bits per heavy atom. The number of pyridine rings is 1. The van der Waals surface area contributed by atoms with Crippen molar-refractivity contribution in [2.75, 3.05) is 23.7 Å². The van der Waals surface area contributed by atoms with Crippen LogP contribution in [0.3, 0.4) is 0 Å². The third kappa shape index (κ3) is 7.45. The number of nitrogens with zero attached hydrogens (tertiary/aromatic N) is 2. The average molecular weight is 671 g/mol. The molecule has 1 aromatic heterocycles. The number of thiocarbonyl (C=S) groups is 1. The van der Waals surface area contributed by atoms with Gasteiger partial charge in [-0.3, -0.25) is 9.88 Å². The summed E-state index contributed by atoms with van der Waals surface area (Å²) in [6.45, 7) is 6.32. The van der Waals surface area contributed by atoms with Gasteiger partial charge in [-0.2, -0.15) is 26.3 Å². The second kappa shape index (κ2) is 13.2. The van der Waals surface area contributed by atoms with E-state index in [0.717, 1.165) is 42.4 Å². The van der Waals surface area contributed by atoms with E-state index in [1.807, 2.05) is 48.5 Å². The molecule has 0 aliphatic carbocycles. The highest BCUT2D eigenvalue weighted by atomic mass is 32.1. The van der Waals surface area contributed by atoms with Crippen molar-refractivity contribution in [3.63, 3.8) is 0 Å². The number of anilines is 2. The first kappa shape index (κ1) is 32.9. The topological polar surface area (TPSA) is 49.4 Å². The first-order valence-corrected chi connectivity index (χ1v) is 15.6. The molecule has 3 aliphatic rings. The Bertz CT molecular complexity index is 1730. The number of alkyl halides is 6. The molecule has 5 atom stereocenters. The molecule has 12 heteroatoms. The van der Waals surface area contributed by atoms with Gasteiger partial charge in [0.15, 0.2) is 5.11 Å². The summed E-state index contributed by atoms with van der Waals surface area (Å²) in [6.07, 6.45) is -4.42. The molecule has 4 heterocycles. The van der Waals surface area contributed by atoms with Gasteiger partial charge in [0.1, 0.15) is 0 Å². The molecule has 4 aromatic rings. The maximum atomic E-state index is 13.4. The SMILES string of the molecule is C=CC1CN2CCC1CC2C(OCc1ccccc1)c1ccnc2ccc(NC(=S)Nc3cc(C(F)(F)F)cc(C(F)(F)F)c3)cc12. The van der Waals surface area contributed by atoms with Gasteiger partial charge in [0, 0.05) is 35.5 Å². The molecule has 5 unspecified atom stereocenters. The predicted octanol–water partition coefficient (Wildman–Crippen LogP) is 9.24. The van der Waals surface area contributed by atoms with E-state index in [9.17, 15) is 26.3 Å². The molecule has 3 aromatic carbocycles. The molecule has 2 bridgehead atoms. The van der Waals surface area contributed by atoms with Gasteiger partial charge >= 0.3 is 12.4 Å². The Balaban J connectivity index is 1.29. The molecule has 0 amide bonds. The highest BCUT2D eigenvalue weighted by Crippen LogP contribution is 2.44. The Morgan fingerprint density at radius 1 is 0.957 bits per heavy atom. The van der Waals surface area contributed by atoms with Crippen molar-refractivity contribution in [3.05, 3.63) is 114 Å². The van der Waals surface area contributed by atoms with Gasteiger partial charge in [0.2, 0.25) is 0 Å². The number of ether oxygens (including phenoxy) is 1. The van der Waals surface area contributed by atoms with Crippen LogP contribution < -0.4 is 10.6 Å². The van der Waals surface area contributed by atoms with Crippen molar-refractivity contribution < 1.29 is 31.1 Å². The Labute approximate surface area is 273 Å². The van der Waals surface area contributed by atoms with E-state index in [-0.39, 0.29) is 23.3 Å². The standard InChI is InChI=1S/C35H32F6N4OS/c1-2-22-19-45-13-11-23(22)14-31(45)32(46-20-21-6-4-3-5-7-21)28-10-12-42-30-9-8-26(18-29(28)30)43-33(47)44-27-16-24(34(36,37)38)15-25(17-27)35(39,40)41/h2-10,12,15-18,22-23,31-32H,1,11,13-14,19-20H2,(H2,43,44,47). The van der Waals surface area contributed by atoms with Crippen molar-refractivity contribution in [2.45, 2.75) is 43.9 Å². The molecule has 47 heavy (non-hydrogen) atoms. The Kier molecular flexibility index (Phi) is 9.28. The summed E-state index contributed by atoms with van der Waals surface area (Å²) in [5.74, 6) is 0.935. The van der Waals surface area contributed by atoms with Gasteiger partial charge in [0.25, 0.3) is 0 Å². The summed E-state index contributed by atoms with van der Waals surface area (Å²) in [7, 11) is 0. The zero-order valence-corrected chi connectivity index (χ0v) is 25.9. The summed E-state index contributed by atoms with van der Waals surface area (Å²) in [6, 6.07) is 18.5. The predicted molar refractivity (Wildman–Crippen MR) is 174 cm³/mol. The van der Waals surface area contributed by atoms with Gasteiger partial charge in [-0.1, -0.05) is 36.4 Å². The van der Waals surface area contributed by atoms with E-state index in [4.69, 9.17) is 17.0 Å². The first-order valence-electron chi connectivity index (χ1n) is 15.2. The Hall–Kier alpha value is -4.00. The van der Waals surface area contributed by atoms with Crippen molar-refractivity contribution in [3.8, 4) is 0 Å². The van der Waals surface area contributed by atoms with Crippen LogP contribution in [0.15, 0.2) is 91.6 Å². The number of rotatable bonds is 8. The van der Waals surface area contributed by atoms with Crippen LogP contribution >= 0.6 is 12.2 Å². The maximum Gasteiger partial charge on any atom is 0.416 e. The molecule has 0 spiro atoms. The second-order valence-electron chi connectivity index (χ2n) is 12.0. The quantitative estimate of drug-likeness (QED) is 0.111. The van der Waals surface area contributed by atoms with Crippen LogP contribution in [0.2, 0.25) is 0 Å². The van der Waals surface area contributed by atoms with Crippen molar-refractivity contribution >= 4 is 39.6 Å². The average Bonchev–Trinajstić information content (AvgIpc) is 3.04. The van der Waals surface area contributed by atoms with Gasteiger partial charge in [-0.25, -0.2) is 0 Å². The van der Waals surface area contributed by atoms with Gasteiger partial charge < -0.3 is 15.4 Å². The fourth-order valence-corrected chi connectivity index (χ4v) is 6.91. The number of halogens is 6. The van der Waals surface area contributed by atoms with Gasteiger partial charge in [-0.15, -0.1) is 6.58 Å². The van der Waals surface area contributed by atoms with Crippen LogP contribution in [0.4, 0.5) is 37.7 Å². The first-order chi connectivity index (χ1) is 22.4. The molecule has 0 radical (unpaired) electrons. The van der Waals surface area contributed by atoms with E-state index >= 15 is 0 Å². The molecular formula is C35H32F6N4OS. The molecule has 3 saturated heterocycles. The lowest BCUT2D eigenvalue weighted by Gasteiger charge is -2.51. The molecule has 2 N–H and O–H groups in total. The molecule has 3 fully saturated rings. The number of aromatic nitrogens is 1. The molecule has 3 aliphatic heterocycles. The highest BCUT2D eigenvalue weighted by Gasteiger charge is 2.43. The molecular weight excluding hydrogens is 638 g/mol. The number of benzene rings is 3. The number of nitrogens with one attached hydrogen (secondary N) is 2. The number of fused-ring (bicyclic) bond motifs is 4. The summed E-state index contributed by atoms with van der Waals surface area (Å²) in [5, 5.41) is 6.01. The summed E-state index contributed by atoms with van der Waals surface area (Å²) in [5.41, 5.74) is -0.174. The van der Waals surface area contributed by atoms with Crippen molar-refractivity contribution in [2.24, 2.45) is 11.8 Å². The van der Waals surface area contributed by atoms with E-state index in [1.54, 1.807) is 18.3 Å². The van der Waals surface area contributed by atoms with Gasteiger partial charge in [-0.05, 0) is 97.0 Å². The van der Waals surface area contributed by atoms with Crippen LogP contribution in [0.1, 0.15) is 41.2 Å². The largest absolute Gasteiger partial charge is 0.416 e. The summed E-state index contributed by atoms with van der Waals surface area (Å²) < 4.78 is 87.0. The summed E-state index contributed by atoms with van der Waals surface area (Å²) >= 11 is 5.32. The lowest BCUT2D eigenvalue weighted by atomic mass is 9.73. The third-order valence-electron chi connectivity index (χ3n) is 8.96. The van der Waals surface area contributed by atoms with E-state index in [0.29, 0.717) is 41.8 Å². The molecule has 7 rings (SSSR count). The van der Waals surface area contributed by atoms with E-state index in [2.05, 4.69) is 27.1 Å². The maximum absolute atomic E-state index is 13.4. The lowest BCUT2D eigenvalue weighted by molar-refractivity contribution is -0.143. The molecule has 5 nitrogen and oxygen atoms in total. The number of hydrogen-bond donors (Lipinski definition) is 2. The van der Waals surface area contributed by atoms with Crippen LogP contribution in [-0.2, 0) is 23.7 Å². The third-order valence-corrected chi connectivity index (χ3v) is 9.17. The zero-order valence-electron chi connectivity index (χ0n) is 25.1. The Morgan fingerprint density at radius 2 is 1.66 bits per heavy atom. The zero-order chi connectivity index (χ0) is 33.3. The normalized spacial score (nSPS) is 21.7. The fraction of sp³-hybridized carbons (Fsp3) is 0.314. The van der Waals surface area contributed by atoms with E-state index < -0.39 is 29.2 Å². The molecule has 0 saturated carbocycles. The van der Waals surface area contributed by atoms with Crippen molar-refractivity contribution in [1.82, 2.24) is 9.88 Å². The minimum Gasteiger partial charge on any atom is -0.367 e. The van der Waals surface area contributed by atoms with E-state index in [1.165, 1.54) is 0 Å². The number of hydrogen-bond acceptors (Lipinski definition) is 4. The van der Waals surface area contributed by atoms with Crippen LogP contribution in [-0.4, -0.2) is 34.1 Å². The molecule has 246 valence electrons. The highest BCUT2D eigenvalue weighted by molar-refractivity contribution is 7.80. The second-order valence-corrected chi connectivity index (χ2v) is 12.4. The minimum absolute atomic E-state index is 0.0715. The number of piperidine rings is 3. The lowest BCUT2D eigenvalue weighted by Crippen LogP contribution is -2.55. The minimum atomic E-state index is -4.98. The van der Waals surface area contributed by atoms with Crippen LogP contribution in [0, 0.1) is 11.8 Å². The van der Waals surface area contributed by atoms with Crippen LogP contribution in [0.25, 0.3) is 10.9 Å². The smallest absolute Gasteiger partial charge is 0.367 e.